The Bertz CT molecular complexity index is 91.7. The van der Waals surface area contributed by atoms with Crippen molar-refractivity contribution in [3.05, 3.63) is 0 Å². The molecular weight excluding hydrogens is 132 g/mol. The molecule has 0 fully saturated rings. The highest BCUT2D eigenvalue weighted by Crippen LogP contribution is 1.87. The zero-order chi connectivity index (χ0) is 7.28. The molecule has 0 saturated heterocycles. The van der Waals surface area contributed by atoms with Gasteiger partial charge in [-0.25, -0.2) is 0 Å². The molecule has 0 unspecified atom stereocenters. The molecule has 4 heteroatoms. The molecule has 0 amide bonds. The van der Waals surface area contributed by atoms with E-state index in [1.807, 2.05) is 13.8 Å². The van der Waals surface area contributed by atoms with Crippen LogP contribution in [0, 0.1) is 0 Å². The molecule has 0 aromatic rings. The van der Waals surface area contributed by atoms with E-state index in [0.717, 1.165) is 13.1 Å². The lowest BCUT2D eigenvalue weighted by Gasteiger charge is -2.15. The normalized spacial score (nSPS) is 8.80. The van der Waals surface area contributed by atoms with Crippen LogP contribution in [0.5, 0.6) is 0 Å². The number of hydroxylamine groups is 2. The Morgan fingerprint density at radius 2 is 1.80 bits per heavy atom. The molecular formula is C6H16N2O2. The first-order valence-electron chi connectivity index (χ1n) is 3.14. The summed E-state index contributed by atoms with van der Waals surface area (Å²) in [6.07, 6.45) is 0. The molecule has 10 heavy (non-hydrogen) atoms. The fourth-order valence-electron chi connectivity index (χ4n) is 0.535. The number of hydrogen-bond donors (Lipinski definition) is 1. The van der Waals surface area contributed by atoms with Gasteiger partial charge in [0.05, 0.1) is 0 Å². The van der Waals surface area contributed by atoms with Crippen LogP contribution in [0.1, 0.15) is 20.8 Å². The van der Waals surface area contributed by atoms with Gasteiger partial charge in [-0.2, -0.15) is 0 Å². The minimum atomic E-state index is -0.251. The van der Waals surface area contributed by atoms with Gasteiger partial charge in [-0.15, -0.1) is 5.06 Å². The molecule has 0 radical (unpaired) electrons. The second-order valence-corrected chi connectivity index (χ2v) is 1.70. The van der Waals surface area contributed by atoms with Crippen molar-refractivity contribution in [1.82, 2.24) is 11.2 Å². The first-order chi connectivity index (χ1) is 4.20. The van der Waals surface area contributed by atoms with Gasteiger partial charge in [0, 0.05) is 20.0 Å². The molecule has 3 N–H and O–H groups in total. The Morgan fingerprint density at radius 1 is 1.40 bits per heavy atom. The molecule has 4 nitrogen and oxygen atoms in total. The number of carbonyl (C=O) groups is 1. The van der Waals surface area contributed by atoms with Crippen LogP contribution in [-0.2, 0) is 9.63 Å². The molecule has 0 atom stereocenters. The largest absolute Gasteiger partial charge is 0.368 e. The summed E-state index contributed by atoms with van der Waals surface area (Å²) >= 11 is 0. The molecule has 0 aromatic heterocycles. The third-order valence-electron chi connectivity index (χ3n) is 0.963. The second-order valence-electron chi connectivity index (χ2n) is 1.70. The highest BCUT2D eigenvalue weighted by Gasteiger charge is 2.00. The topological polar surface area (TPSA) is 64.5 Å². The Balaban J connectivity index is 0. The fraction of sp³-hybridized carbons (Fsp3) is 0.833. The van der Waals surface area contributed by atoms with Crippen molar-refractivity contribution in [2.45, 2.75) is 20.8 Å². The van der Waals surface area contributed by atoms with Gasteiger partial charge in [-0.05, 0) is 13.8 Å². The van der Waals surface area contributed by atoms with E-state index in [9.17, 15) is 4.79 Å². The highest BCUT2D eigenvalue weighted by atomic mass is 16.7. The minimum Gasteiger partial charge on any atom is -0.368 e. The van der Waals surface area contributed by atoms with Gasteiger partial charge < -0.3 is 11.0 Å². The van der Waals surface area contributed by atoms with Crippen LogP contribution in [0.15, 0.2) is 0 Å². The first kappa shape index (κ1) is 12.1. The maximum Gasteiger partial charge on any atom is 0.322 e. The molecule has 62 valence electrons. The van der Waals surface area contributed by atoms with Gasteiger partial charge in [0.15, 0.2) is 0 Å². The summed E-state index contributed by atoms with van der Waals surface area (Å²) < 4.78 is 0. The van der Waals surface area contributed by atoms with Crippen molar-refractivity contribution < 1.29 is 9.63 Å². The summed E-state index contributed by atoms with van der Waals surface area (Å²) in [5.41, 5.74) is 0. The third kappa shape index (κ3) is 5.53. The molecule has 0 aromatic carbocycles. The average Bonchev–Trinajstić information content (AvgIpc) is 1.82. The monoisotopic (exact) mass is 148 g/mol. The number of nitrogens with zero attached hydrogens (tertiary/aromatic N) is 1. The van der Waals surface area contributed by atoms with Crippen molar-refractivity contribution in [2.24, 2.45) is 0 Å². The summed E-state index contributed by atoms with van der Waals surface area (Å²) in [7, 11) is 0. The molecule has 0 rings (SSSR count). The number of carbonyl (C=O) groups excluding carboxylic acids is 1. The van der Waals surface area contributed by atoms with Gasteiger partial charge in [0.1, 0.15) is 0 Å². The van der Waals surface area contributed by atoms with E-state index in [-0.39, 0.29) is 12.1 Å². The van der Waals surface area contributed by atoms with Crippen LogP contribution in [0.25, 0.3) is 0 Å². The number of hydrogen-bond acceptors (Lipinski definition) is 4. The second kappa shape index (κ2) is 6.51. The summed E-state index contributed by atoms with van der Waals surface area (Å²) in [4.78, 5) is 15.1. The van der Waals surface area contributed by atoms with Gasteiger partial charge in [-0.3, -0.25) is 4.79 Å². The Kier molecular flexibility index (Phi) is 7.88. The predicted molar refractivity (Wildman–Crippen MR) is 39.7 cm³/mol. The molecule has 0 saturated carbocycles. The van der Waals surface area contributed by atoms with E-state index in [0.29, 0.717) is 0 Å². The van der Waals surface area contributed by atoms with Gasteiger partial charge in [-0.1, -0.05) is 0 Å². The molecule has 0 aliphatic carbocycles. The SMILES string of the molecule is CCN(CC)OC(C)=O.N. The van der Waals surface area contributed by atoms with Crippen LogP contribution >= 0.6 is 0 Å². The van der Waals surface area contributed by atoms with E-state index in [4.69, 9.17) is 4.84 Å². The lowest BCUT2D eigenvalue weighted by Crippen LogP contribution is -2.25. The van der Waals surface area contributed by atoms with E-state index >= 15 is 0 Å². The van der Waals surface area contributed by atoms with Crippen molar-refractivity contribution in [2.75, 3.05) is 13.1 Å². The van der Waals surface area contributed by atoms with Gasteiger partial charge >= 0.3 is 5.97 Å². The Hall–Kier alpha value is -0.610. The minimum absolute atomic E-state index is 0. The van der Waals surface area contributed by atoms with E-state index < -0.39 is 0 Å². The Labute approximate surface area is 61.7 Å². The molecule has 0 spiro atoms. The summed E-state index contributed by atoms with van der Waals surface area (Å²) in [5.74, 6) is -0.251. The summed E-state index contributed by atoms with van der Waals surface area (Å²) in [6, 6.07) is 0. The maximum atomic E-state index is 10.3. The fourth-order valence-corrected chi connectivity index (χ4v) is 0.535. The quantitative estimate of drug-likeness (QED) is 0.605. The smallest absolute Gasteiger partial charge is 0.322 e. The zero-order valence-electron chi connectivity index (χ0n) is 6.89. The molecule has 0 bridgehead atoms. The van der Waals surface area contributed by atoms with E-state index in [1.165, 1.54) is 6.92 Å². The van der Waals surface area contributed by atoms with Crippen molar-refractivity contribution in [1.29, 1.82) is 0 Å². The van der Waals surface area contributed by atoms with E-state index in [1.54, 1.807) is 5.06 Å². The van der Waals surface area contributed by atoms with Gasteiger partial charge in [0.2, 0.25) is 0 Å². The highest BCUT2D eigenvalue weighted by molar-refractivity contribution is 5.65. The predicted octanol–water partition coefficient (Wildman–Crippen LogP) is 0.968. The maximum absolute atomic E-state index is 10.3. The molecule has 0 aliphatic heterocycles. The van der Waals surface area contributed by atoms with Crippen LogP contribution in [0.3, 0.4) is 0 Å². The zero-order valence-corrected chi connectivity index (χ0v) is 6.89. The van der Waals surface area contributed by atoms with E-state index in [2.05, 4.69) is 0 Å². The molecule has 0 aliphatic rings. The van der Waals surface area contributed by atoms with Crippen LogP contribution in [0.4, 0.5) is 0 Å². The van der Waals surface area contributed by atoms with Crippen molar-refractivity contribution >= 4 is 5.97 Å². The van der Waals surface area contributed by atoms with Gasteiger partial charge in [0.25, 0.3) is 0 Å². The number of rotatable bonds is 3. The lowest BCUT2D eigenvalue weighted by molar-refractivity contribution is -0.185. The third-order valence-corrected chi connectivity index (χ3v) is 0.963. The lowest BCUT2D eigenvalue weighted by atomic mass is 10.6. The molecule has 0 heterocycles. The standard InChI is InChI=1S/C6H13NO2.H3N/c1-4-7(5-2)9-6(3)8;/h4-5H2,1-3H3;1H3. The van der Waals surface area contributed by atoms with Crippen LogP contribution in [0.2, 0.25) is 0 Å². The van der Waals surface area contributed by atoms with Crippen molar-refractivity contribution in [3.63, 3.8) is 0 Å². The Morgan fingerprint density at radius 3 is 1.90 bits per heavy atom. The van der Waals surface area contributed by atoms with Crippen LogP contribution < -0.4 is 6.15 Å². The van der Waals surface area contributed by atoms with Crippen LogP contribution in [-0.4, -0.2) is 24.1 Å². The van der Waals surface area contributed by atoms with Crippen molar-refractivity contribution in [3.8, 4) is 0 Å². The first-order valence-corrected chi connectivity index (χ1v) is 3.14. The average molecular weight is 148 g/mol. The summed E-state index contributed by atoms with van der Waals surface area (Å²) in [6.45, 7) is 6.77. The summed E-state index contributed by atoms with van der Waals surface area (Å²) in [5, 5.41) is 1.60.